The van der Waals surface area contributed by atoms with Crippen LogP contribution in [0.3, 0.4) is 0 Å². The minimum atomic E-state index is 0.213. The predicted molar refractivity (Wildman–Crippen MR) is 67.6 cm³/mol. The number of rotatable bonds is 2. The number of carbonyl (C=O) groups excluding carboxylic acids is 1. The first-order valence-electron chi connectivity index (χ1n) is 6.20. The highest BCUT2D eigenvalue weighted by Crippen LogP contribution is 2.37. The molecule has 5 heteroatoms. The number of aromatic nitrogens is 1. The van der Waals surface area contributed by atoms with Crippen LogP contribution in [-0.4, -0.2) is 28.9 Å². The largest absolute Gasteiger partial charge is 0.375 e. The van der Waals surface area contributed by atoms with Gasteiger partial charge in [-0.15, -0.1) is 11.3 Å². The van der Waals surface area contributed by atoms with Crippen molar-refractivity contribution < 1.29 is 4.79 Å². The number of thiazole rings is 1. The Morgan fingerprint density at radius 2 is 2.18 bits per heavy atom. The molecule has 2 fully saturated rings. The van der Waals surface area contributed by atoms with Gasteiger partial charge in [0.15, 0.2) is 5.13 Å². The van der Waals surface area contributed by atoms with Gasteiger partial charge in [0.25, 0.3) is 0 Å². The maximum Gasteiger partial charge on any atom is 0.228 e. The minimum absolute atomic E-state index is 0.213. The van der Waals surface area contributed by atoms with Crippen LogP contribution in [0.25, 0.3) is 0 Å². The normalized spacial score (nSPS) is 27.4. The Labute approximate surface area is 105 Å². The minimum Gasteiger partial charge on any atom is -0.375 e. The summed E-state index contributed by atoms with van der Waals surface area (Å²) in [6.45, 7) is 1.92. The fraction of sp³-hybridized carbons (Fsp3) is 0.667. The van der Waals surface area contributed by atoms with Crippen molar-refractivity contribution in [1.29, 1.82) is 0 Å². The molecular formula is C12H17N3OS. The Morgan fingerprint density at radius 3 is 2.76 bits per heavy atom. The fourth-order valence-corrected chi connectivity index (χ4v) is 3.67. The first-order valence-corrected chi connectivity index (χ1v) is 7.08. The Kier molecular flexibility index (Phi) is 2.78. The maximum atomic E-state index is 12.1. The van der Waals surface area contributed by atoms with Crippen molar-refractivity contribution in [2.45, 2.75) is 25.7 Å². The van der Waals surface area contributed by atoms with E-state index < -0.39 is 0 Å². The number of fused-ring (bicyclic) bond motifs is 1. The smallest absolute Gasteiger partial charge is 0.228 e. The molecule has 2 heterocycles. The van der Waals surface area contributed by atoms with E-state index in [1.54, 1.807) is 0 Å². The topological polar surface area (TPSA) is 59.2 Å². The molecule has 1 saturated carbocycles. The highest BCUT2D eigenvalue weighted by atomic mass is 32.1. The van der Waals surface area contributed by atoms with Crippen LogP contribution >= 0.6 is 11.3 Å². The number of nitrogens with zero attached hydrogens (tertiary/aromatic N) is 2. The van der Waals surface area contributed by atoms with E-state index in [1.807, 2.05) is 10.3 Å². The summed E-state index contributed by atoms with van der Waals surface area (Å²) < 4.78 is 0. The predicted octanol–water partition coefficient (Wildman–Crippen LogP) is 1.53. The van der Waals surface area contributed by atoms with Gasteiger partial charge >= 0.3 is 0 Å². The van der Waals surface area contributed by atoms with Crippen LogP contribution in [0.5, 0.6) is 0 Å². The molecule has 2 N–H and O–H groups in total. The van der Waals surface area contributed by atoms with E-state index in [2.05, 4.69) is 4.98 Å². The van der Waals surface area contributed by atoms with Crippen LogP contribution in [0.15, 0.2) is 5.38 Å². The van der Waals surface area contributed by atoms with Gasteiger partial charge < -0.3 is 10.6 Å². The van der Waals surface area contributed by atoms with Gasteiger partial charge in [0.1, 0.15) is 0 Å². The molecule has 92 valence electrons. The first-order chi connectivity index (χ1) is 8.22. The standard InChI is InChI=1S/C12H17N3OS/c13-12-14-10(7-17-12)4-11(16)15-5-8-2-1-3-9(8)6-15/h7-9H,1-6H2,(H2,13,14). The summed E-state index contributed by atoms with van der Waals surface area (Å²) in [5, 5.41) is 2.43. The average Bonchev–Trinajstić information content (AvgIpc) is 2.92. The zero-order valence-corrected chi connectivity index (χ0v) is 10.6. The van der Waals surface area contributed by atoms with Crippen LogP contribution in [0.4, 0.5) is 5.13 Å². The molecule has 1 saturated heterocycles. The van der Waals surface area contributed by atoms with E-state index in [0.717, 1.165) is 30.6 Å². The summed E-state index contributed by atoms with van der Waals surface area (Å²) in [7, 11) is 0. The molecule has 0 bridgehead atoms. The second kappa shape index (κ2) is 4.29. The Hall–Kier alpha value is -1.10. The highest BCUT2D eigenvalue weighted by molar-refractivity contribution is 7.13. The quantitative estimate of drug-likeness (QED) is 0.867. The van der Waals surface area contributed by atoms with Crippen LogP contribution in [0, 0.1) is 11.8 Å². The molecule has 1 aromatic rings. The number of likely N-dealkylation sites (tertiary alicyclic amines) is 1. The van der Waals surface area contributed by atoms with Crippen molar-refractivity contribution in [3.63, 3.8) is 0 Å². The molecule has 1 aromatic heterocycles. The third-order valence-corrected chi connectivity index (χ3v) is 4.70. The van der Waals surface area contributed by atoms with Gasteiger partial charge in [0.2, 0.25) is 5.91 Å². The van der Waals surface area contributed by atoms with Gasteiger partial charge in [0.05, 0.1) is 12.1 Å². The number of anilines is 1. The molecule has 4 nitrogen and oxygen atoms in total. The van der Waals surface area contributed by atoms with Crippen molar-refractivity contribution in [3.8, 4) is 0 Å². The van der Waals surface area contributed by atoms with Gasteiger partial charge in [-0.05, 0) is 24.7 Å². The third-order valence-electron chi connectivity index (χ3n) is 3.98. The summed E-state index contributed by atoms with van der Waals surface area (Å²) in [6.07, 6.45) is 4.36. The first kappa shape index (κ1) is 11.0. The van der Waals surface area contributed by atoms with Crippen LogP contribution in [0.2, 0.25) is 0 Å². The van der Waals surface area contributed by atoms with Crippen LogP contribution in [0.1, 0.15) is 25.0 Å². The molecule has 17 heavy (non-hydrogen) atoms. The van der Waals surface area contributed by atoms with E-state index in [0.29, 0.717) is 11.6 Å². The monoisotopic (exact) mass is 251 g/mol. The number of hydrogen-bond acceptors (Lipinski definition) is 4. The summed E-state index contributed by atoms with van der Waals surface area (Å²) in [4.78, 5) is 18.3. The van der Waals surface area contributed by atoms with Crippen molar-refractivity contribution >= 4 is 22.4 Å². The van der Waals surface area contributed by atoms with Gasteiger partial charge in [-0.1, -0.05) is 6.42 Å². The lowest BCUT2D eigenvalue weighted by Gasteiger charge is -2.16. The molecule has 1 aliphatic carbocycles. The van der Waals surface area contributed by atoms with Crippen molar-refractivity contribution in [1.82, 2.24) is 9.88 Å². The number of amides is 1. The highest BCUT2D eigenvalue weighted by Gasteiger charge is 2.37. The molecule has 2 unspecified atom stereocenters. The van der Waals surface area contributed by atoms with Gasteiger partial charge in [-0.25, -0.2) is 4.98 Å². The second-order valence-corrected chi connectivity index (χ2v) is 5.99. The van der Waals surface area contributed by atoms with Gasteiger partial charge in [-0.3, -0.25) is 4.79 Å². The third kappa shape index (κ3) is 2.16. The Bertz CT molecular complexity index is 419. The van der Waals surface area contributed by atoms with E-state index in [9.17, 15) is 4.79 Å². The molecule has 3 rings (SSSR count). The zero-order chi connectivity index (χ0) is 11.8. The zero-order valence-electron chi connectivity index (χ0n) is 9.76. The van der Waals surface area contributed by atoms with Crippen LogP contribution < -0.4 is 5.73 Å². The molecular weight excluding hydrogens is 234 g/mol. The summed E-state index contributed by atoms with van der Waals surface area (Å²) in [6, 6.07) is 0. The Morgan fingerprint density at radius 1 is 1.47 bits per heavy atom. The number of nitrogen functional groups attached to an aromatic ring is 1. The van der Waals surface area contributed by atoms with E-state index >= 15 is 0 Å². The molecule has 1 aliphatic heterocycles. The van der Waals surface area contributed by atoms with E-state index in [-0.39, 0.29) is 5.91 Å². The summed E-state index contributed by atoms with van der Waals surface area (Å²) in [5.41, 5.74) is 6.38. The Balaban J connectivity index is 1.60. The van der Waals surface area contributed by atoms with E-state index in [1.165, 1.54) is 30.6 Å². The van der Waals surface area contributed by atoms with Crippen molar-refractivity contribution in [2.75, 3.05) is 18.8 Å². The lowest BCUT2D eigenvalue weighted by molar-refractivity contribution is -0.129. The molecule has 0 aromatic carbocycles. The molecule has 2 aliphatic rings. The molecule has 0 spiro atoms. The van der Waals surface area contributed by atoms with Gasteiger partial charge in [0, 0.05) is 18.5 Å². The van der Waals surface area contributed by atoms with E-state index in [4.69, 9.17) is 5.73 Å². The lowest BCUT2D eigenvalue weighted by Crippen LogP contribution is -2.30. The van der Waals surface area contributed by atoms with Gasteiger partial charge in [-0.2, -0.15) is 0 Å². The number of nitrogens with two attached hydrogens (primary N) is 1. The molecule has 1 amide bonds. The van der Waals surface area contributed by atoms with Crippen molar-refractivity contribution in [3.05, 3.63) is 11.1 Å². The van der Waals surface area contributed by atoms with Crippen molar-refractivity contribution in [2.24, 2.45) is 11.8 Å². The fourth-order valence-electron chi connectivity index (χ4n) is 3.11. The molecule has 0 radical (unpaired) electrons. The average molecular weight is 251 g/mol. The lowest BCUT2D eigenvalue weighted by atomic mass is 10.0. The second-order valence-electron chi connectivity index (χ2n) is 5.10. The maximum absolute atomic E-state index is 12.1. The molecule has 2 atom stereocenters. The van der Waals surface area contributed by atoms with Crippen LogP contribution in [-0.2, 0) is 11.2 Å². The number of hydrogen-bond donors (Lipinski definition) is 1. The SMILES string of the molecule is Nc1nc(CC(=O)N2CC3CCCC3C2)cs1. The summed E-state index contributed by atoms with van der Waals surface area (Å²) >= 11 is 1.40. The number of carbonyl (C=O) groups is 1. The summed E-state index contributed by atoms with van der Waals surface area (Å²) in [5.74, 6) is 1.74.